The van der Waals surface area contributed by atoms with Gasteiger partial charge in [0.05, 0.1) is 12.8 Å². The number of allylic oxidation sites excluding steroid dienone is 1. The van der Waals surface area contributed by atoms with Gasteiger partial charge in [-0.25, -0.2) is 0 Å². The summed E-state index contributed by atoms with van der Waals surface area (Å²) in [6, 6.07) is 5.31. The molecule has 1 unspecified atom stereocenters. The fourth-order valence-corrected chi connectivity index (χ4v) is 2.07. The molecule has 0 spiro atoms. The molecule has 1 aliphatic carbocycles. The van der Waals surface area contributed by atoms with Gasteiger partial charge < -0.3 is 15.8 Å². The van der Waals surface area contributed by atoms with E-state index >= 15 is 0 Å². The van der Waals surface area contributed by atoms with E-state index in [1.165, 1.54) is 0 Å². The van der Waals surface area contributed by atoms with E-state index in [-0.39, 0.29) is 11.9 Å². The minimum Gasteiger partial charge on any atom is -0.495 e. The van der Waals surface area contributed by atoms with E-state index in [0.717, 1.165) is 19.3 Å². The second-order valence-corrected chi connectivity index (χ2v) is 4.41. The summed E-state index contributed by atoms with van der Waals surface area (Å²) < 4.78 is 5.06. The Labute approximate surface area is 107 Å². The average Bonchev–Trinajstić information content (AvgIpc) is 2.39. The summed E-state index contributed by atoms with van der Waals surface area (Å²) in [5.41, 5.74) is 6.84. The van der Waals surface area contributed by atoms with Crippen LogP contribution in [0.2, 0.25) is 0 Å². The molecule has 4 nitrogen and oxygen atoms in total. The lowest BCUT2D eigenvalue weighted by molar-refractivity contribution is 0.0935. The van der Waals surface area contributed by atoms with Gasteiger partial charge in [0.25, 0.3) is 5.91 Å². The highest BCUT2D eigenvalue weighted by Gasteiger charge is 2.15. The molecule has 0 heterocycles. The smallest absolute Gasteiger partial charge is 0.251 e. The number of anilines is 1. The zero-order valence-electron chi connectivity index (χ0n) is 10.5. The zero-order chi connectivity index (χ0) is 13.0. The molecule has 96 valence electrons. The number of hydrogen-bond acceptors (Lipinski definition) is 3. The maximum absolute atomic E-state index is 12.0. The van der Waals surface area contributed by atoms with E-state index in [9.17, 15) is 4.79 Å². The highest BCUT2D eigenvalue weighted by Crippen LogP contribution is 2.22. The lowest BCUT2D eigenvalue weighted by atomic mass is 10.0. The number of nitrogens with two attached hydrogens (primary N) is 1. The number of carbonyl (C=O) groups excluding carboxylic acids is 1. The van der Waals surface area contributed by atoms with Crippen LogP contribution in [0.1, 0.15) is 29.6 Å². The minimum absolute atomic E-state index is 0.0790. The van der Waals surface area contributed by atoms with E-state index in [1.807, 2.05) is 0 Å². The van der Waals surface area contributed by atoms with Crippen molar-refractivity contribution in [1.82, 2.24) is 5.32 Å². The monoisotopic (exact) mass is 246 g/mol. The van der Waals surface area contributed by atoms with Crippen LogP contribution in [0.25, 0.3) is 0 Å². The van der Waals surface area contributed by atoms with Crippen molar-refractivity contribution >= 4 is 11.6 Å². The van der Waals surface area contributed by atoms with Gasteiger partial charge in [0.1, 0.15) is 5.75 Å². The number of hydrogen-bond donors (Lipinski definition) is 2. The topological polar surface area (TPSA) is 64.3 Å². The SMILES string of the molecule is COc1ccc(C(=O)NC2CC=CCC2)cc1N. The summed E-state index contributed by atoms with van der Waals surface area (Å²) in [7, 11) is 1.56. The zero-order valence-corrected chi connectivity index (χ0v) is 10.5. The number of methoxy groups -OCH3 is 1. The second-order valence-electron chi connectivity index (χ2n) is 4.41. The Hall–Kier alpha value is -1.97. The van der Waals surface area contributed by atoms with Crippen molar-refractivity contribution in [1.29, 1.82) is 0 Å². The molecular formula is C14H18N2O2. The van der Waals surface area contributed by atoms with Gasteiger partial charge in [0.2, 0.25) is 0 Å². The first kappa shape index (κ1) is 12.5. The van der Waals surface area contributed by atoms with E-state index in [1.54, 1.807) is 25.3 Å². The van der Waals surface area contributed by atoms with Crippen molar-refractivity contribution in [2.45, 2.75) is 25.3 Å². The van der Waals surface area contributed by atoms with Crippen LogP contribution in [0.15, 0.2) is 30.4 Å². The fourth-order valence-electron chi connectivity index (χ4n) is 2.07. The lowest BCUT2D eigenvalue weighted by Crippen LogP contribution is -2.35. The molecule has 0 bridgehead atoms. The Morgan fingerprint density at radius 2 is 2.28 bits per heavy atom. The molecule has 0 aromatic heterocycles. The van der Waals surface area contributed by atoms with Gasteiger partial charge in [-0.3, -0.25) is 4.79 Å². The third kappa shape index (κ3) is 2.83. The molecule has 1 atom stereocenters. The van der Waals surface area contributed by atoms with Crippen LogP contribution in [0.4, 0.5) is 5.69 Å². The molecule has 1 aromatic rings. The number of carbonyl (C=O) groups is 1. The summed E-state index contributed by atoms with van der Waals surface area (Å²) in [4.78, 5) is 12.0. The average molecular weight is 246 g/mol. The number of nitrogen functional groups attached to an aromatic ring is 1. The summed E-state index contributed by atoms with van der Waals surface area (Å²) in [5, 5.41) is 3.01. The molecule has 0 radical (unpaired) electrons. The van der Waals surface area contributed by atoms with Crippen molar-refractivity contribution in [2.75, 3.05) is 12.8 Å². The van der Waals surface area contributed by atoms with Crippen molar-refractivity contribution in [3.63, 3.8) is 0 Å². The van der Waals surface area contributed by atoms with Crippen molar-refractivity contribution in [2.24, 2.45) is 0 Å². The normalized spacial score (nSPS) is 18.4. The Balaban J connectivity index is 2.04. The first-order valence-electron chi connectivity index (χ1n) is 6.10. The van der Waals surface area contributed by atoms with Gasteiger partial charge in [-0.1, -0.05) is 12.2 Å². The molecule has 3 N–H and O–H groups in total. The Bertz CT molecular complexity index is 469. The summed E-state index contributed by atoms with van der Waals surface area (Å²) in [5.74, 6) is 0.511. The number of rotatable bonds is 3. The Morgan fingerprint density at radius 1 is 1.44 bits per heavy atom. The molecule has 0 fully saturated rings. The molecular weight excluding hydrogens is 228 g/mol. The maximum atomic E-state index is 12.0. The first-order chi connectivity index (χ1) is 8.70. The van der Waals surface area contributed by atoms with Crippen molar-refractivity contribution < 1.29 is 9.53 Å². The molecule has 1 amide bonds. The minimum atomic E-state index is -0.0790. The van der Waals surface area contributed by atoms with Crippen LogP contribution in [-0.2, 0) is 0 Å². The van der Waals surface area contributed by atoms with Crippen LogP contribution in [0.5, 0.6) is 5.75 Å². The van der Waals surface area contributed by atoms with Crippen LogP contribution in [0, 0.1) is 0 Å². The summed E-state index contributed by atoms with van der Waals surface area (Å²) in [6.07, 6.45) is 7.17. The quantitative estimate of drug-likeness (QED) is 0.634. The fraction of sp³-hybridized carbons (Fsp3) is 0.357. The molecule has 18 heavy (non-hydrogen) atoms. The van der Waals surface area contributed by atoms with Crippen LogP contribution in [0.3, 0.4) is 0 Å². The lowest BCUT2D eigenvalue weighted by Gasteiger charge is -2.19. The number of benzene rings is 1. The van der Waals surface area contributed by atoms with Crippen LogP contribution < -0.4 is 15.8 Å². The molecule has 0 saturated carbocycles. The van der Waals surface area contributed by atoms with Crippen molar-refractivity contribution in [3.8, 4) is 5.75 Å². The third-order valence-electron chi connectivity index (χ3n) is 3.10. The highest BCUT2D eigenvalue weighted by atomic mass is 16.5. The number of ether oxygens (including phenoxy) is 1. The first-order valence-corrected chi connectivity index (χ1v) is 6.10. The predicted molar refractivity (Wildman–Crippen MR) is 71.7 cm³/mol. The number of nitrogens with one attached hydrogen (secondary N) is 1. The van der Waals surface area contributed by atoms with E-state index in [4.69, 9.17) is 10.5 Å². The van der Waals surface area contributed by atoms with E-state index in [2.05, 4.69) is 17.5 Å². The molecule has 1 aliphatic rings. The molecule has 1 aromatic carbocycles. The van der Waals surface area contributed by atoms with Gasteiger partial charge in [-0.2, -0.15) is 0 Å². The Morgan fingerprint density at radius 3 is 2.89 bits per heavy atom. The van der Waals surface area contributed by atoms with Crippen molar-refractivity contribution in [3.05, 3.63) is 35.9 Å². The van der Waals surface area contributed by atoms with E-state index in [0.29, 0.717) is 17.0 Å². The van der Waals surface area contributed by atoms with Gasteiger partial charge >= 0.3 is 0 Å². The summed E-state index contributed by atoms with van der Waals surface area (Å²) >= 11 is 0. The van der Waals surface area contributed by atoms with Crippen LogP contribution >= 0.6 is 0 Å². The molecule has 4 heteroatoms. The molecule has 0 aliphatic heterocycles. The van der Waals surface area contributed by atoms with Gasteiger partial charge in [-0.05, 0) is 37.5 Å². The highest BCUT2D eigenvalue weighted by molar-refractivity contribution is 5.95. The van der Waals surface area contributed by atoms with E-state index < -0.39 is 0 Å². The molecule has 0 saturated heterocycles. The Kier molecular flexibility index (Phi) is 3.87. The summed E-state index contributed by atoms with van der Waals surface area (Å²) in [6.45, 7) is 0. The largest absolute Gasteiger partial charge is 0.495 e. The van der Waals surface area contributed by atoms with Crippen LogP contribution in [-0.4, -0.2) is 19.1 Å². The second kappa shape index (κ2) is 5.58. The maximum Gasteiger partial charge on any atom is 0.251 e. The predicted octanol–water partition coefficient (Wildman–Crippen LogP) is 2.12. The third-order valence-corrected chi connectivity index (χ3v) is 3.10. The standard InChI is InChI=1S/C14H18N2O2/c1-18-13-8-7-10(9-12(13)15)14(17)16-11-5-3-2-4-6-11/h2-3,7-9,11H,4-6,15H2,1H3,(H,16,17). The van der Waals surface area contributed by atoms with Gasteiger partial charge in [0, 0.05) is 11.6 Å². The van der Waals surface area contributed by atoms with Gasteiger partial charge in [-0.15, -0.1) is 0 Å². The van der Waals surface area contributed by atoms with Gasteiger partial charge in [0.15, 0.2) is 0 Å². The molecule has 2 rings (SSSR count). The number of amides is 1.